The largest absolute Gasteiger partial charge is 0.372 e. The topological polar surface area (TPSA) is 56.1 Å². The summed E-state index contributed by atoms with van der Waals surface area (Å²) in [6, 6.07) is 0. The molecular formula is C12H21N3O2. The maximum Gasteiger partial charge on any atom is 0.251 e. The van der Waals surface area contributed by atoms with Gasteiger partial charge in [-0.2, -0.15) is 5.10 Å². The Bertz CT molecular complexity index is 385. The Morgan fingerprint density at radius 3 is 2.76 bits per heavy atom. The van der Waals surface area contributed by atoms with Gasteiger partial charge in [0, 0.05) is 19.2 Å². The molecule has 0 saturated heterocycles. The molecule has 5 nitrogen and oxygen atoms in total. The zero-order chi connectivity index (χ0) is 12.8. The fourth-order valence-corrected chi connectivity index (χ4v) is 1.76. The first-order valence-corrected chi connectivity index (χ1v) is 6.00. The van der Waals surface area contributed by atoms with Gasteiger partial charge in [0.15, 0.2) is 0 Å². The van der Waals surface area contributed by atoms with Gasteiger partial charge in [-0.25, -0.2) is 0 Å². The van der Waals surface area contributed by atoms with Crippen LogP contribution in [0.25, 0.3) is 0 Å². The van der Waals surface area contributed by atoms with Gasteiger partial charge in [-0.15, -0.1) is 0 Å². The van der Waals surface area contributed by atoms with Crippen molar-refractivity contribution in [3.8, 4) is 0 Å². The minimum absolute atomic E-state index is 0.0984. The molecular weight excluding hydrogens is 218 g/mol. The molecule has 0 saturated carbocycles. The molecule has 1 N–H and O–H groups in total. The van der Waals surface area contributed by atoms with E-state index < -0.39 is 0 Å². The number of rotatable bonds is 6. The summed E-state index contributed by atoms with van der Waals surface area (Å²) in [7, 11) is 1.83. The Hall–Kier alpha value is -1.36. The van der Waals surface area contributed by atoms with Crippen molar-refractivity contribution >= 4 is 11.7 Å². The minimum Gasteiger partial charge on any atom is -0.372 e. The van der Waals surface area contributed by atoms with Crippen molar-refractivity contribution in [2.75, 3.05) is 18.5 Å². The SMILES string of the molecule is CCCOCC(=O)Nc1c(CC)c(C)nn1C. The van der Waals surface area contributed by atoms with E-state index in [1.165, 1.54) is 0 Å². The third kappa shape index (κ3) is 3.56. The minimum atomic E-state index is -0.129. The fraction of sp³-hybridized carbons (Fsp3) is 0.667. The normalized spacial score (nSPS) is 10.6. The number of amides is 1. The Morgan fingerprint density at radius 1 is 1.47 bits per heavy atom. The molecule has 1 amide bonds. The van der Waals surface area contributed by atoms with E-state index in [1.807, 2.05) is 27.8 Å². The molecule has 0 aliphatic heterocycles. The predicted octanol–water partition coefficient (Wildman–Crippen LogP) is 1.66. The highest BCUT2D eigenvalue weighted by Crippen LogP contribution is 2.18. The second-order valence-electron chi connectivity index (χ2n) is 3.99. The molecule has 1 aromatic heterocycles. The molecule has 0 atom stereocenters. The summed E-state index contributed by atoms with van der Waals surface area (Å²) in [5.41, 5.74) is 2.04. The maximum atomic E-state index is 11.6. The summed E-state index contributed by atoms with van der Waals surface area (Å²) in [5.74, 6) is 0.645. The summed E-state index contributed by atoms with van der Waals surface area (Å²) in [6.07, 6.45) is 1.77. The van der Waals surface area contributed by atoms with E-state index in [4.69, 9.17) is 4.74 Å². The molecule has 0 unspecified atom stereocenters. The summed E-state index contributed by atoms with van der Waals surface area (Å²) < 4.78 is 6.90. The van der Waals surface area contributed by atoms with Crippen molar-refractivity contribution in [2.24, 2.45) is 7.05 Å². The number of nitrogens with one attached hydrogen (secondary N) is 1. The summed E-state index contributed by atoms with van der Waals surface area (Å²) >= 11 is 0. The van der Waals surface area contributed by atoms with E-state index in [9.17, 15) is 4.79 Å². The zero-order valence-corrected chi connectivity index (χ0v) is 11.0. The first-order valence-electron chi connectivity index (χ1n) is 6.00. The molecule has 0 aliphatic carbocycles. The lowest BCUT2D eigenvalue weighted by molar-refractivity contribution is -0.120. The highest BCUT2D eigenvalue weighted by molar-refractivity contribution is 5.91. The number of anilines is 1. The summed E-state index contributed by atoms with van der Waals surface area (Å²) in [5, 5.41) is 7.14. The average Bonchev–Trinajstić information content (AvgIpc) is 2.54. The van der Waals surface area contributed by atoms with Crippen molar-refractivity contribution in [3.05, 3.63) is 11.3 Å². The van der Waals surface area contributed by atoms with Crippen molar-refractivity contribution in [2.45, 2.75) is 33.6 Å². The molecule has 0 radical (unpaired) electrons. The Labute approximate surface area is 102 Å². The van der Waals surface area contributed by atoms with Crippen LogP contribution in [-0.4, -0.2) is 28.9 Å². The molecule has 17 heavy (non-hydrogen) atoms. The van der Waals surface area contributed by atoms with E-state index in [2.05, 4.69) is 10.4 Å². The molecule has 1 aromatic rings. The predicted molar refractivity (Wildman–Crippen MR) is 67.1 cm³/mol. The second-order valence-corrected chi connectivity index (χ2v) is 3.99. The van der Waals surface area contributed by atoms with E-state index in [0.717, 1.165) is 29.9 Å². The van der Waals surface area contributed by atoms with Gasteiger partial charge >= 0.3 is 0 Å². The first-order chi connectivity index (χ1) is 8.10. The monoisotopic (exact) mass is 239 g/mol. The van der Waals surface area contributed by atoms with Crippen LogP contribution in [0.5, 0.6) is 0 Å². The van der Waals surface area contributed by atoms with E-state index >= 15 is 0 Å². The van der Waals surface area contributed by atoms with Gasteiger partial charge in [0.25, 0.3) is 5.91 Å². The number of aryl methyl sites for hydroxylation is 2. The van der Waals surface area contributed by atoms with E-state index in [1.54, 1.807) is 4.68 Å². The van der Waals surface area contributed by atoms with Gasteiger partial charge in [0.05, 0.1) is 5.69 Å². The van der Waals surface area contributed by atoms with Crippen LogP contribution in [0.1, 0.15) is 31.5 Å². The van der Waals surface area contributed by atoms with Gasteiger partial charge in [-0.1, -0.05) is 13.8 Å². The van der Waals surface area contributed by atoms with Gasteiger partial charge in [0.2, 0.25) is 0 Å². The summed E-state index contributed by atoms with van der Waals surface area (Å²) in [4.78, 5) is 11.6. The van der Waals surface area contributed by atoms with E-state index in [0.29, 0.717) is 6.61 Å². The molecule has 0 fully saturated rings. The van der Waals surface area contributed by atoms with Crippen LogP contribution in [0.15, 0.2) is 0 Å². The molecule has 0 aliphatic rings. The standard InChI is InChI=1S/C12H21N3O2/c1-5-7-17-8-11(16)13-12-10(6-2)9(3)14-15(12)4/h5-8H2,1-4H3,(H,13,16). The van der Waals surface area contributed by atoms with Gasteiger partial charge in [-0.05, 0) is 19.8 Å². The smallest absolute Gasteiger partial charge is 0.251 e. The van der Waals surface area contributed by atoms with Crippen molar-refractivity contribution in [1.29, 1.82) is 0 Å². The van der Waals surface area contributed by atoms with Crippen molar-refractivity contribution in [1.82, 2.24) is 9.78 Å². The number of ether oxygens (including phenoxy) is 1. The summed E-state index contributed by atoms with van der Waals surface area (Å²) in [6.45, 7) is 6.71. The Balaban J connectivity index is 2.64. The average molecular weight is 239 g/mol. The third-order valence-corrected chi connectivity index (χ3v) is 2.54. The Kier molecular flexibility index (Phi) is 5.15. The number of hydrogen-bond donors (Lipinski definition) is 1. The van der Waals surface area contributed by atoms with Gasteiger partial charge in [0.1, 0.15) is 12.4 Å². The molecule has 0 bridgehead atoms. The number of carbonyl (C=O) groups is 1. The molecule has 1 heterocycles. The number of nitrogens with zero attached hydrogens (tertiary/aromatic N) is 2. The molecule has 96 valence electrons. The van der Waals surface area contributed by atoms with Crippen LogP contribution in [0.3, 0.4) is 0 Å². The number of aromatic nitrogens is 2. The number of carbonyl (C=O) groups excluding carboxylic acids is 1. The lowest BCUT2D eigenvalue weighted by Gasteiger charge is -2.08. The first kappa shape index (κ1) is 13.7. The van der Waals surface area contributed by atoms with Gasteiger partial charge in [-0.3, -0.25) is 9.48 Å². The molecule has 5 heteroatoms. The van der Waals surface area contributed by atoms with Crippen LogP contribution >= 0.6 is 0 Å². The number of hydrogen-bond acceptors (Lipinski definition) is 3. The van der Waals surface area contributed by atoms with Crippen LogP contribution in [0.2, 0.25) is 0 Å². The third-order valence-electron chi connectivity index (χ3n) is 2.54. The molecule has 0 spiro atoms. The lowest BCUT2D eigenvalue weighted by Crippen LogP contribution is -2.21. The quantitative estimate of drug-likeness (QED) is 0.768. The zero-order valence-electron chi connectivity index (χ0n) is 11.0. The van der Waals surface area contributed by atoms with Gasteiger partial charge < -0.3 is 10.1 Å². The maximum absolute atomic E-state index is 11.6. The molecule has 0 aromatic carbocycles. The lowest BCUT2D eigenvalue weighted by atomic mass is 10.2. The van der Waals surface area contributed by atoms with Crippen molar-refractivity contribution in [3.63, 3.8) is 0 Å². The highest BCUT2D eigenvalue weighted by atomic mass is 16.5. The Morgan fingerprint density at radius 2 is 2.18 bits per heavy atom. The van der Waals surface area contributed by atoms with Crippen molar-refractivity contribution < 1.29 is 9.53 Å². The van der Waals surface area contributed by atoms with E-state index in [-0.39, 0.29) is 12.5 Å². The molecule has 1 rings (SSSR count). The van der Waals surface area contributed by atoms with Crippen LogP contribution in [-0.2, 0) is 23.0 Å². The fourth-order valence-electron chi connectivity index (χ4n) is 1.76. The van der Waals surface area contributed by atoms with Crippen LogP contribution in [0, 0.1) is 6.92 Å². The van der Waals surface area contributed by atoms with Crippen LogP contribution in [0.4, 0.5) is 5.82 Å². The van der Waals surface area contributed by atoms with Crippen LogP contribution < -0.4 is 5.32 Å². The highest BCUT2D eigenvalue weighted by Gasteiger charge is 2.13. The second kappa shape index (κ2) is 6.39.